The van der Waals surface area contributed by atoms with Gasteiger partial charge in [0.2, 0.25) is 0 Å². The van der Waals surface area contributed by atoms with Gasteiger partial charge in [0.05, 0.1) is 11.7 Å². The Morgan fingerprint density at radius 3 is 2.38 bits per heavy atom. The maximum absolute atomic E-state index is 12.4. The Hall–Kier alpha value is -1.55. The Kier molecular flexibility index (Phi) is 4.88. The van der Waals surface area contributed by atoms with E-state index in [2.05, 4.69) is 0 Å². The molecule has 116 valence electrons. The minimum atomic E-state index is -0.703. The molecule has 1 aromatic rings. The predicted octanol–water partition coefficient (Wildman–Crippen LogP) is 2.85. The largest absolute Gasteiger partial charge is 0.491 e. The Morgan fingerprint density at radius 1 is 1.29 bits per heavy atom. The van der Waals surface area contributed by atoms with Crippen molar-refractivity contribution in [3.8, 4) is 5.75 Å². The highest BCUT2D eigenvalue weighted by atomic mass is 16.5. The van der Waals surface area contributed by atoms with E-state index in [9.17, 15) is 9.90 Å². The summed E-state index contributed by atoms with van der Waals surface area (Å²) in [6.45, 7) is 4.33. The lowest BCUT2D eigenvalue weighted by Crippen LogP contribution is -2.42. The van der Waals surface area contributed by atoms with Gasteiger partial charge in [0.25, 0.3) is 5.91 Å². The van der Waals surface area contributed by atoms with Crippen LogP contribution in [0.5, 0.6) is 5.75 Å². The quantitative estimate of drug-likeness (QED) is 0.907. The number of ether oxygens (including phenoxy) is 1. The molecule has 1 aliphatic carbocycles. The molecule has 0 aromatic heterocycles. The second-order valence-corrected chi connectivity index (χ2v) is 6.28. The highest BCUT2D eigenvalue weighted by Crippen LogP contribution is 2.30. The van der Waals surface area contributed by atoms with Crippen molar-refractivity contribution in [2.24, 2.45) is 0 Å². The monoisotopic (exact) mass is 291 g/mol. The summed E-state index contributed by atoms with van der Waals surface area (Å²) < 4.78 is 5.57. The van der Waals surface area contributed by atoms with Crippen molar-refractivity contribution >= 4 is 5.91 Å². The fourth-order valence-corrected chi connectivity index (χ4v) is 2.87. The standard InChI is InChI=1S/C17H25NO3/c1-13(2)21-15-8-6-14(7-9-15)16(19)18(3)12-17(20)10-4-5-11-17/h6-9,13,20H,4-5,10-12H2,1-3H3. The lowest BCUT2D eigenvalue weighted by atomic mass is 10.0. The Morgan fingerprint density at radius 2 is 1.86 bits per heavy atom. The van der Waals surface area contributed by atoms with Crippen LogP contribution in [0.3, 0.4) is 0 Å². The average Bonchev–Trinajstić information content (AvgIpc) is 2.84. The Balaban J connectivity index is 1.98. The molecule has 0 saturated heterocycles. The van der Waals surface area contributed by atoms with Gasteiger partial charge in [0, 0.05) is 19.2 Å². The number of amides is 1. The van der Waals surface area contributed by atoms with Crippen LogP contribution >= 0.6 is 0 Å². The summed E-state index contributed by atoms with van der Waals surface area (Å²) in [5, 5.41) is 10.4. The van der Waals surface area contributed by atoms with Crippen molar-refractivity contribution in [3.05, 3.63) is 29.8 Å². The number of carbonyl (C=O) groups excluding carboxylic acids is 1. The van der Waals surface area contributed by atoms with E-state index in [0.717, 1.165) is 31.4 Å². The van der Waals surface area contributed by atoms with Crippen LogP contribution in [0.4, 0.5) is 0 Å². The maximum Gasteiger partial charge on any atom is 0.253 e. The molecule has 0 bridgehead atoms. The molecule has 1 amide bonds. The van der Waals surface area contributed by atoms with E-state index in [4.69, 9.17) is 4.74 Å². The summed E-state index contributed by atoms with van der Waals surface area (Å²) in [4.78, 5) is 14.0. The number of likely N-dealkylation sites (N-methyl/N-ethyl adjacent to an activating group) is 1. The minimum Gasteiger partial charge on any atom is -0.491 e. The summed E-state index contributed by atoms with van der Waals surface area (Å²) in [7, 11) is 1.75. The molecule has 0 aliphatic heterocycles. The van der Waals surface area contributed by atoms with Gasteiger partial charge in [0.15, 0.2) is 0 Å². The van der Waals surface area contributed by atoms with Crippen LogP contribution in [0.2, 0.25) is 0 Å². The molecule has 0 atom stereocenters. The van der Waals surface area contributed by atoms with Crippen molar-refractivity contribution in [2.45, 2.75) is 51.2 Å². The predicted molar refractivity (Wildman–Crippen MR) is 82.6 cm³/mol. The van der Waals surface area contributed by atoms with Gasteiger partial charge in [-0.15, -0.1) is 0 Å². The minimum absolute atomic E-state index is 0.0635. The number of hydrogen-bond donors (Lipinski definition) is 1. The number of benzene rings is 1. The summed E-state index contributed by atoms with van der Waals surface area (Å²) in [5.41, 5.74) is -0.0827. The van der Waals surface area contributed by atoms with Gasteiger partial charge in [-0.1, -0.05) is 12.8 Å². The first-order chi connectivity index (χ1) is 9.89. The third-order valence-electron chi connectivity index (χ3n) is 3.89. The van der Waals surface area contributed by atoms with E-state index in [1.807, 2.05) is 26.0 Å². The maximum atomic E-state index is 12.4. The van der Waals surface area contributed by atoms with Crippen LogP contribution in [0.15, 0.2) is 24.3 Å². The molecule has 1 fully saturated rings. The summed E-state index contributed by atoms with van der Waals surface area (Å²) >= 11 is 0. The van der Waals surface area contributed by atoms with Crippen LogP contribution < -0.4 is 4.74 Å². The molecule has 4 heteroatoms. The fourth-order valence-electron chi connectivity index (χ4n) is 2.87. The molecule has 0 radical (unpaired) electrons. The van der Waals surface area contributed by atoms with E-state index in [1.54, 1.807) is 24.1 Å². The zero-order valence-corrected chi connectivity index (χ0v) is 13.1. The Labute approximate surface area is 126 Å². The van der Waals surface area contributed by atoms with Gasteiger partial charge in [-0.2, -0.15) is 0 Å². The van der Waals surface area contributed by atoms with Crippen LogP contribution in [0.1, 0.15) is 49.9 Å². The van der Waals surface area contributed by atoms with Gasteiger partial charge in [-0.05, 0) is 51.0 Å². The van der Waals surface area contributed by atoms with Gasteiger partial charge in [-0.3, -0.25) is 4.79 Å². The number of rotatable bonds is 5. The van der Waals surface area contributed by atoms with Crippen LogP contribution in [-0.2, 0) is 0 Å². The molecule has 0 unspecified atom stereocenters. The third kappa shape index (κ3) is 4.21. The first-order valence-electron chi connectivity index (χ1n) is 7.64. The normalized spacial score (nSPS) is 17.0. The van der Waals surface area contributed by atoms with E-state index in [-0.39, 0.29) is 12.0 Å². The van der Waals surface area contributed by atoms with Crippen LogP contribution in [0.25, 0.3) is 0 Å². The molecule has 1 aromatic carbocycles. The van der Waals surface area contributed by atoms with Crippen molar-refractivity contribution < 1.29 is 14.6 Å². The highest BCUT2D eigenvalue weighted by Gasteiger charge is 2.33. The average molecular weight is 291 g/mol. The summed E-state index contributed by atoms with van der Waals surface area (Å²) in [6, 6.07) is 7.17. The van der Waals surface area contributed by atoms with Crippen molar-refractivity contribution in [1.82, 2.24) is 4.90 Å². The molecule has 0 spiro atoms. The van der Waals surface area contributed by atoms with Crippen molar-refractivity contribution in [3.63, 3.8) is 0 Å². The molecule has 4 nitrogen and oxygen atoms in total. The van der Waals surface area contributed by atoms with Gasteiger partial charge in [0.1, 0.15) is 5.75 Å². The lowest BCUT2D eigenvalue weighted by molar-refractivity contribution is 0.0157. The molecule has 1 N–H and O–H groups in total. The van der Waals surface area contributed by atoms with Crippen molar-refractivity contribution in [2.75, 3.05) is 13.6 Å². The van der Waals surface area contributed by atoms with E-state index in [1.165, 1.54) is 0 Å². The number of carbonyl (C=O) groups is 1. The zero-order chi connectivity index (χ0) is 15.5. The first-order valence-corrected chi connectivity index (χ1v) is 7.64. The van der Waals surface area contributed by atoms with E-state index in [0.29, 0.717) is 12.1 Å². The smallest absolute Gasteiger partial charge is 0.253 e. The second-order valence-electron chi connectivity index (χ2n) is 6.28. The molecule has 1 aliphatic rings. The molecular weight excluding hydrogens is 266 g/mol. The van der Waals surface area contributed by atoms with Gasteiger partial charge >= 0.3 is 0 Å². The zero-order valence-electron chi connectivity index (χ0n) is 13.1. The van der Waals surface area contributed by atoms with E-state index < -0.39 is 5.60 Å². The highest BCUT2D eigenvalue weighted by molar-refractivity contribution is 5.94. The molecular formula is C17H25NO3. The SMILES string of the molecule is CC(C)Oc1ccc(C(=O)N(C)CC2(O)CCCC2)cc1. The molecule has 1 saturated carbocycles. The Bertz CT molecular complexity index is 475. The number of aliphatic hydroxyl groups is 1. The van der Waals surface area contributed by atoms with Crippen LogP contribution in [-0.4, -0.2) is 41.2 Å². The third-order valence-corrected chi connectivity index (χ3v) is 3.89. The molecule has 21 heavy (non-hydrogen) atoms. The molecule has 0 heterocycles. The van der Waals surface area contributed by atoms with Gasteiger partial charge < -0.3 is 14.7 Å². The molecule has 2 rings (SSSR count). The first kappa shape index (κ1) is 15.8. The van der Waals surface area contributed by atoms with Gasteiger partial charge in [-0.25, -0.2) is 0 Å². The van der Waals surface area contributed by atoms with Crippen LogP contribution in [0, 0.1) is 0 Å². The van der Waals surface area contributed by atoms with Crippen molar-refractivity contribution in [1.29, 1.82) is 0 Å². The van der Waals surface area contributed by atoms with E-state index >= 15 is 0 Å². The topological polar surface area (TPSA) is 49.8 Å². The number of nitrogens with zero attached hydrogens (tertiary/aromatic N) is 1. The lowest BCUT2D eigenvalue weighted by Gasteiger charge is -2.28. The second kappa shape index (κ2) is 6.48. The summed E-state index contributed by atoms with van der Waals surface area (Å²) in [5.74, 6) is 0.699. The number of hydrogen-bond acceptors (Lipinski definition) is 3. The summed E-state index contributed by atoms with van der Waals surface area (Å²) in [6.07, 6.45) is 3.77. The fraction of sp³-hybridized carbons (Fsp3) is 0.588.